The maximum Gasteiger partial charge on any atom is 0.128 e. The van der Waals surface area contributed by atoms with E-state index in [1.807, 2.05) is 23.1 Å². The maximum atomic E-state index is 4.50. The molecule has 0 amide bonds. The van der Waals surface area contributed by atoms with Gasteiger partial charge in [0.25, 0.3) is 0 Å². The summed E-state index contributed by atoms with van der Waals surface area (Å²) < 4.78 is 0. The van der Waals surface area contributed by atoms with E-state index in [2.05, 4.69) is 25.9 Å². The number of hydrogen-bond donors (Lipinski definition) is 0. The third kappa shape index (κ3) is 2.45. The zero-order chi connectivity index (χ0) is 12.4. The van der Waals surface area contributed by atoms with Crippen LogP contribution < -0.4 is 0 Å². The van der Waals surface area contributed by atoms with Crippen LogP contribution >= 0.6 is 39.0 Å². The Morgan fingerprint density at radius 3 is 3.06 bits per heavy atom. The molecule has 5 heteroatoms. The second-order valence-corrected chi connectivity index (χ2v) is 7.42. The van der Waals surface area contributed by atoms with Gasteiger partial charge in [-0.2, -0.15) is 0 Å². The summed E-state index contributed by atoms with van der Waals surface area (Å²) in [6, 6.07) is 0. The van der Waals surface area contributed by atoms with Crippen molar-refractivity contribution in [1.29, 1.82) is 0 Å². The SMILES string of the molecule is BrCCCSc1ncnc2sc3c(c12)CCCC3. The molecule has 0 saturated carbocycles. The standard InChI is InChI=1S/C13H15BrN2S2/c14-6-3-7-17-12-11-9-4-1-2-5-10(9)18-13(11)16-8-15-12/h8H,1-7H2. The van der Waals surface area contributed by atoms with Gasteiger partial charge in [0.2, 0.25) is 0 Å². The molecule has 96 valence electrons. The fourth-order valence-electron chi connectivity index (χ4n) is 2.39. The molecule has 0 aromatic carbocycles. The quantitative estimate of drug-likeness (QED) is 0.355. The van der Waals surface area contributed by atoms with Crippen molar-refractivity contribution in [2.24, 2.45) is 0 Å². The molecule has 0 fully saturated rings. The van der Waals surface area contributed by atoms with E-state index in [9.17, 15) is 0 Å². The number of rotatable bonds is 4. The van der Waals surface area contributed by atoms with Crippen molar-refractivity contribution in [3.05, 3.63) is 16.8 Å². The highest BCUT2D eigenvalue weighted by Gasteiger charge is 2.19. The summed E-state index contributed by atoms with van der Waals surface area (Å²) in [5.41, 5.74) is 1.54. The number of hydrogen-bond acceptors (Lipinski definition) is 4. The van der Waals surface area contributed by atoms with Gasteiger partial charge in [0, 0.05) is 21.3 Å². The van der Waals surface area contributed by atoms with Gasteiger partial charge < -0.3 is 0 Å². The Morgan fingerprint density at radius 1 is 1.28 bits per heavy atom. The van der Waals surface area contributed by atoms with Crippen molar-refractivity contribution in [3.8, 4) is 0 Å². The van der Waals surface area contributed by atoms with Gasteiger partial charge >= 0.3 is 0 Å². The number of aryl methyl sites for hydroxylation is 2. The molecule has 3 rings (SSSR count). The summed E-state index contributed by atoms with van der Waals surface area (Å²) in [5, 5.41) is 3.62. The zero-order valence-corrected chi connectivity index (χ0v) is 13.3. The van der Waals surface area contributed by atoms with Crippen LogP contribution in [0.5, 0.6) is 0 Å². The lowest BCUT2D eigenvalue weighted by Gasteiger charge is -2.11. The fourth-order valence-corrected chi connectivity index (χ4v) is 5.31. The predicted molar refractivity (Wildman–Crippen MR) is 83.2 cm³/mol. The fraction of sp³-hybridized carbons (Fsp3) is 0.538. The Hall–Kier alpha value is -0.130. The molecule has 1 aliphatic carbocycles. The lowest BCUT2D eigenvalue weighted by molar-refractivity contribution is 0.699. The molecule has 0 saturated heterocycles. The van der Waals surface area contributed by atoms with Gasteiger partial charge in [-0.15, -0.1) is 23.1 Å². The number of alkyl halides is 1. The van der Waals surface area contributed by atoms with Crippen molar-refractivity contribution in [1.82, 2.24) is 9.97 Å². The van der Waals surface area contributed by atoms with Gasteiger partial charge in [0.15, 0.2) is 0 Å². The molecule has 18 heavy (non-hydrogen) atoms. The van der Waals surface area contributed by atoms with Crippen molar-refractivity contribution in [3.63, 3.8) is 0 Å². The minimum atomic E-state index is 1.07. The Bertz CT molecular complexity index is 553. The van der Waals surface area contributed by atoms with Crippen LogP contribution in [0.4, 0.5) is 0 Å². The van der Waals surface area contributed by atoms with Crippen LogP contribution in [-0.4, -0.2) is 21.1 Å². The molecular weight excluding hydrogens is 328 g/mol. The monoisotopic (exact) mass is 342 g/mol. The molecule has 0 atom stereocenters. The van der Waals surface area contributed by atoms with E-state index in [1.165, 1.54) is 47.3 Å². The summed E-state index contributed by atoms with van der Waals surface area (Å²) in [6.07, 6.45) is 8.01. The summed E-state index contributed by atoms with van der Waals surface area (Å²) in [4.78, 5) is 11.7. The molecule has 2 heterocycles. The highest BCUT2D eigenvalue weighted by molar-refractivity contribution is 9.09. The normalized spacial score (nSPS) is 14.9. The number of aromatic nitrogens is 2. The highest BCUT2D eigenvalue weighted by Crippen LogP contribution is 2.39. The molecule has 2 nitrogen and oxygen atoms in total. The van der Waals surface area contributed by atoms with E-state index >= 15 is 0 Å². The van der Waals surface area contributed by atoms with Gasteiger partial charge in [0.05, 0.1) is 0 Å². The minimum Gasteiger partial charge on any atom is -0.229 e. The molecule has 1 aliphatic rings. The molecule has 2 aromatic heterocycles. The first-order chi connectivity index (χ1) is 8.90. The molecule has 0 N–H and O–H groups in total. The second-order valence-electron chi connectivity index (χ2n) is 4.46. The first-order valence-electron chi connectivity index (χ1n) is 6.34. The third-order valence-electron chi connectivity index (χ3n) is 3.23. The minimum absolute atomic E-state index is 1.07. The lowest BCUT2D eigenvalue weighted by Crippen LogP contribution is -1.99. The van der Waals surface area contributed by atoms with E-state index in [0.717, 1.165) is 11.1 Å². The van der Waals surface area contributed by atoms with Crippen LogP contribution in [0, 0.1) is 0 Å². The van der Waals surface area contributed by atoms with Crippen LogP contribution in [0.3, 0.4) is 0 Å². The number of nitrogens with zero attached hydrogens (tertiary/aromatic N) is 2. The van der Waals surface area contributed by atoms with E-state index in [-0.39, 0.29) is 0 Å². The Kier molecular flexibility index (Phi) is 4.21. The zero-order valence-electron chi connectivity index (χ0n) is 10.1. The predicted octanol–water partition coefficient (Wildman–Crippen LogP) is 4.45. The number of thioether (sulfide) groups is 1. The van der Waals surface area contributed by atoms with Crippen LogP contribution in [-0.2, 0) is 12.8 Å². The van der Waals surface area contributed by atoms with Crippen LogP contribution in [0.1, 0.15) is 29.7 Å². The smallest absolute Gasteiger partial charge is 0.128 e. The maximum absolute atomic E-state index is 4.50. The van der Waals surface area contributed by atoms with Gasteiger partial charge in [-0.3, -0.25) is 0 Å². The van der Waals surface area contributed by atoms with Gasteiger partial charge in [0.1, 0.15) is 16.2 Å². The van der Waals surface area contributed by atoms with E-state index in [4.69, 9.17) is 0 Å². The second kappa shape index (κ2) is 5.88. The first-order valence-corrected chi connectivity index (χ1v) is 9.26. The molecule has 0 spiro atoms. The van der Waals surface area contributed by atoms with Crippen LogP contribution in [0.2, 0.25) is 0 Å². The average Bonchev–Trinajstić information content (AvgIpc) is 2.78. The van der Waals surface area contributed by atoms with Crippen LogP contribution in [0.15, 0.2) is 11.4 Å². The summed E-state index contributed by atoms with van der Waals surface area (Å²) in [7, 11) is 0. The molecule has 2 aromatic rings. The number of thiophene rings is 1. The number of halogens is 1. The van der Waals surface area contributed by atoms with Crippen molar-refractivity contribution in [2.45, 2.75) is 37.1 Å². The summed E-state index contributed by atoms with van der Waals surface area (Å²) in [5.74, 6) is 1.13. The molecule has 0 aliphatic heterocycles. The van der Waals surface area contributed by atoms with Crippen LogP contribution in [0.25, 0.3) is 10.2 Å². The number of fused-ring (bicyclic) bond motifs is 3. The third-order valence-corrected chi connectivity index (χ3v) is 6.07. The molecular formula is C13H15BrN2S2. The van der Waals surface area contributed by atoms with E-state index < -0.39 is 0 Å². The average molecular weight is 343 g/mol. The van der Waals surface area contributed by atoms with Gasteiger partial charge in [-0.25, -0.2) is 9.97 Å². The molecule has 0 bridgehead atoms. The van der Waals surface area contributed by atoms with Crippen molar-refractivity contribution >= 4 is 49.2 Å². The largest absolute Gasteiger partial charge is 0.229 e. The van der Waals surface area contributed by atoms with E-state index in [0.29, 0.717) is 0 Å². The summed E-state index contributed by atoms with van der Waals surface area (Å²) >= 11 is 7.24. The van der Waals surface area contributed by atoms with Gasteiger partial charge in [-0.1, -0.05) is 15.9 Å². The Balaban J connectivity index is 2.00. The highest BCUT2D eigenvalue weighted by atomic mass is 79.9. The molecule has 0 radical (unpaired) electrons. The van der Waals surface area contributed by atoms with Gasteiger partial charge in [-0.05, 0) is 37.7 Å². The van der Waals surface area contributed by atoms with Crippen molar-refractivity contribution in [2.75, 3.05) is 11.1 Å². The Labute approximate surface area is 124 Å². The summed E-state index contributed by atoms with van der Waals surface area (Å²) in [6.45, 7) is 0. The lowest BCUT2D eigenvalue weighted by atomic mass is 9.97. The topological polar surface area (TPSA) is 25.8 Å². The molecule has 0 unspecified atom stereocenters. The Morgan fingerprint density at radius 2 is 2.17 bits per heavy atom. The van der Waals surface area contributed by atoms with E-state index in [1.54, 1.807) is 16.8 Å². The van der Waals surface area contributed by atoms with Crippen molar-refractivity contribution < 1.29 is 0 Å². The first kappa shape index (κ1) is 12.9.